The quantitative estimate of drug-likeness (QED) is 0.156. The summed E-state index contributed by atoms with van der Waals surface area (Å²) in [6.07, 6.45) is 0. The highest BCUT2D eigenvalue weighted by atomic mass is 14.4. The molecule has 0 amide bonds. The van der Waals surface area contributed by atoms with E-state index in [2.05, 4.69) is 380 Å². The van der Waals surface area contributed by atoms with E-state index in [4.69, 9.17) is 0 Å². The van der Waals surface area contributed by atoms with Crippen LogP contribution < -0.4 is 0 Å². The minimum absolute atomic E-state index is 0.0765. The van der Waals surface area contributed by atoms with Crippen LogP contribution in [0.1, 0.15) is 49.9 Å². The molecule has 0 unspecified atom stereocenters. The fourth-order valence-corrected chi connectivity index (χ4v) is 17.5. The second-order valence-electron chi connectivity index (χ2n) is 29.6. The third-order valence-electron chi connectivity index (χ3n) is 22.9. The molecule has 2 aliphatic rings. The van der Waals surface area contributed by atoms with Crippen LogP contribution in [0.5, 0.6) is 0 Å². The van der Waals surface area contributed by atoms with Crippen molar-refractivity contribution in [3.8, 4) is 89.0 Å². The van der Waals surface area contributed by atoms with Gasteiger partial charge >= 0.3 is 0 Å². The molecule has 2 aliphatic carbocycles. The lowest BCUT2D eigenvalue weighted by atomic mass is 9.78. The smallest absolute Gasteiger partial charge is 0.0165 e. The topological polar surface area (TPSA) is 0 Å². The molecule has 0 atom stereocenters. The summed E-state index contributed by atoms with van der Waals surface area (Å²) in [5.41, 5.74) is 25.9. The molecule has 0 fully saturated rings. The zero-order valence-corrected chi connectivity index (χ0v) is 57.5. The van der Waals surface area contributed by atoms with Gasteiger partial charge in [0, 0.05) is 10.8 Å². The van der Waals surface area contributed by atoms with E-state index in [0.717, 1.165) is 0 Å². The number of hydrogen-bond acceptors (Lipinski definition) is 0. The van der Waals surface area contributed by atoms with Crippen molar-refractivity contribution in [1.82, 2.24) is 0 Å². The lowest BCUT2D eigenvalue weighted by molar-refractivity contribution is 0.662. The second-order valence-corrected chi connectivity index (χ2v) is 29.6. The molecule has 21 rings (SSSR count). The van der Waals surface area contributed by atoms with Gasteiger partial charge in [0.25, 0.3) is 0 Å². The zero-order chi connectivity index (χ0) is 68.0. The van der Waals surface area contributed by atoms with E-state index in [1.165, 1.54) is 208 Å². The Morgan fingerprint density at radius 2 is 0.500 bits per heavy atom. The maximum absolute atomic E-state index is 2.51. The van der Waals surface area contributed by atoms with Crippen molar-refractivity contribution in [2.45, 2.75) is 38.5 Å². The molecular formula is C102H70. The lowest BCUT2D eigenvalue weighted by Crippen LogP contribution is -2.15. The van der Waals surface area contributed by atoms with E-state index < -0.39 is 0 Å². The van der Waals surface area contributed by atoms with E-state index in [-0.39, 0.29) is 10.8 Å². The molecule has 19 aromatic rings. The van der Waals surface area contributed by atoms with Crippen molar-refractivity contribution in [1.29, 1.82) is 0 Å². The molecule has 0 N–H and O–H groups in total. The van der Waals surface area contributed by atoms with Gasteiger partial charge in [-0.2, -0.15) is 0 Å². The van der Waals surface area contributed by atoms with Crippen LogP contribution in [0, 0.1) is 0 Å². The van der Waals surface area contributed by atoms with Crippen LogP contribution >= 0.6 is 0 Å². The van der Waals surface area contributed by atoms with Crippen molar-refractivity contribution in [2.75, 3.05) is 0 Å². The normalized spacial score (nSPS) is 13.3. The highest BCUT2D eigenvalue weighted by molar-refractivity contribution is 6.13. The SMILES string of the molecule is CC1(C)c2cc(-c3cc(-c4ccc5cc(-c6ccc7ccccc7c6)ccc5c4)c4ccccc4c3)c3ccccc3c2-c2ccc3ccccc3c21.CC1(C)c2cc3ccc(-c4ccccc4)cc3cc2-c2cc3ccc(-c4ccc5cc(-c6ccc7ccccc7c6)ccc5c4)cc3cc21. The van der Waals surface area contributed by atoms with Crippen LogP contribution in [0.4, 0.5) is 0 Å². The molecule has 102 heavy (non-hydrogen) atoms. The zero-order valence-electron chi connectivity index (χ0n) is 57.5. The number of benzene rings is 19. The Labute approximate surface area is 594 Å². The molecule has 0 saturated carbocycles. The van der Waals surface area contributed by atoms with Crippen molar-refractivity contribution < 1.29 is 0 Å². The van der Waals surface area contributed by atoms with Crippen molar-refractivity contribution in [3.05, 3.63) is 374 Å². The van der Waals surface area contributed by atoms with Gasteiger partial charge in [0.05, 0.1) is 0 Å². The Kier molecular flexibility index (Phi) is 13.5. The Balaban J connectivity index is 0.000000137. The Morgan fingerprint density at radius 1 is 0.157 bits per heavy atom. The standard InChI is InChI=1S/C53H36.C49H34/c1-53(2)50-32-49(45-17-9-10-18-46(45)51(50)47-26-25-34-12-5-8-16-44(34)52(47)53)42-30-40-14-6-7-15-43(40)48(31-42)41-24-23-38-28-37(21-22-39(38)29-41)36-20-19-33-11-3-4-13-35(33)27-36;1-49(2)47-29-42-21-14-34(31-8-4-3-5-9-31)25-43(42)28-46(47)45-27-41-20-19-40(26-44(41)30-48(45)49)39-18-17-37-23-36(15-16-38(37)24-39)35-13-12-32-10-6-7-11-33(32)22-35/h3-32H,1-2H3;3-30H,1-2H3. The maximum atomic E-state index is 2.51. The van der Waals surface area contributed by atoms with Crippen LogP contribution in [0.25, 0.3) is 186 Å². The van der Waals surface area contributed by atoms with Crippen LogP contribution in [0.15, 0.2) is 352 Å². The molecule has 478 valence electrons. The van der Waals surface area contributed by atoms with Gasteiger partial charge in [-0.15, -0.1) is 0 Å². The first-order valence-corrected chi connectivity index (χ1v) is 35.9. The van der Waals surface area contributed by atoms with Gasteiger partial charge in [-0.1, -0.05) is 289 Å². The van der Waals surface area contributed by atoms with E-state index in [1.807, 2.05) is 0 Å². The first-order valence-electron chi connectivity index (χ1n) is 35.9. The summed E-state index contributed by atoms with van der Waals surface area (Å²) in [5.74, 6) is 0. The van der Waals surface area contributed by atoms with E-state index in [0.29, 0.717) is 0 Å². The van der Waals surface area contributed by atoms with Crippen LogP contribution in [-0.2, 0) is 10.8 Å². The first-order chi connectivity index (χ1) is 50.0. The van der Waals surface area contributed by atoms with Crippen molar-refractivity contribution in [2.24, 2.45) is 0 Å². The summed E-state index contributed by atoms with van der Waals surface area (Å²) in [7, 11) is 0. The number of fused-ring (bicyclic) bond motifs is 17. The molecular weight excluding hydrogens is 1230 g/mol. The molecule has 0 aromatic heterocycles. The molecule has 0 heteroatoms. The van der Waals surface area contributed by atoms with Crippen molar-refractivity contribution >= 4 is 97.0 Å². The summed E-state index contributed by atoms with van der Waals surface area (Å²) in [6.45, 7) is 9.59. The van der Waals surface area contributed by atoms with Crippen LogP contribution in [-0.4, -0.2) is 0 Å². The van der Waals surface area contributed by atoms with Gasteiger partial charge in [0.1, 0.15) is 0 Å². The predicted molar refractivity (Wildman–Crippen MR) is 438 cm³/mol. The summed E-state index contributed by atoms with van der Waals surface area (Å²) >= 11 is 0. The Bertz CT molecular complexity index is 6740. The van der Waals surface area contributed by atoms with Gasteiger partial charge in [0.2, 0.25) is 0 Å². The maximum Gasteiger partial charge on any atom is 0.0165 e. The first kappa shape index (κ1) is 59.6. The van der Waals surface area contributed by atoms with Crippen LogP contribution in [0.2, 0.25) is 0 Å². The molecule has 0 radical (unpaired) electrons. The number of hydrogen-bond donors (Lipinski definition) is 0. The number of rotatable bonds is 6. The van der Waals surface area contributed by atoms with Gasteiger partial charge < -0.3 is 0 Å². The average Bonchev–Trinajstić information content (AvgIpc) is 1.56. The van der Waals surface area contributed by atoms with Gasteiger partial charge in [0.15, 0.2) is 0 Å². The molecule has 0 nitrogen and oxygen atoms in total. The molecule has 0 aliphatic heterocycles. The highest BCUT2D eigenvalue weighted by Gasteiger charge is 2.39. The highest BCUT2D eigenvalue weighted by Crippen LogP contribution is 2.56. The monoisotopic (exact) mass is 1290 g/mol. The minimum atomic E-state index is -0.145. The predicted octanol–water partition coefficient (Wildman–Crippen LogP) is 28.4. The van der Waals surface area contributed by atoms with Gasteiger partial charge in [-0.25, -0.2) is 0 Å². The average molecular weight is 1300 g/mol. The van der Waals surface area contributed by atoms with Crippen LogP contribution in [0.3, 0.4) is 0 Å². The third-order valence-corrected chi connectivity index (χ3v) is 22.9. The lowest BCUT2D eigenvalue weighted by Gasteiger charge is -2.24. The largest absolute Gasteiger partial charge is 0.0622 e. The summed E-state index contributed by atoms with van der Waals surface area (Å²) < 4.78 is 0. The second kappa shape index (κ2) is 23.0. The molecule has 0 bridgehead atoms. The molecule has 0 saturated heterocycles. The van der Waals surface area contributed by atoms with E-state index in [9.17, 15) is 0 Å². The fourth-order valence-electron chi connectivity index (χ4n) is 17.5. The molecule has 0 heterocycles. The molecule has 0 spiro atoms. The van der Waals surface area contributed by atoms with Gasteiger partial charge in [-0.05, 0) is 299 Å². The van der Waals surface area contributed by atoms with Gasteiger partial charge in [-0.3, -0.25) is 0 Å². The summed E-state index contributed by atoms with van der Waals surface area (Å²) in [4.78, 5) is 0. The Morgan fingerprint density at radius 3 is 1.06 bits per heavy atom. The van der Waals surface area contributed by atoms with E-state index >= 15 is 0 Å². The summed E-state index contributed by atoms with van der Waals surface area (Å²) in [5, 5.41) is 23.1. The van der Waals surface area contributed by atoms with E-state index in [1.54, 1.807) is 0 Å². The fraction of sp³-hybridized carbons (Fsp3) is 0.0588. The van der Waals surface area contributed by atoms with Crippen molar-refractivity contribution in [3.63, 3.8) is 0 Å². The third kappa shape index (κ3) is 9.73. The minimum Gasteiger partial charge on any atom is -0.0622 e. The molecule has 19 aromatic carbocycles. The Hall–Kier alpha value is -12.5. The summed E-state index contributed by atoms with van der Waals surface area (Å²) in [6, 6.07) is 131.